The number of hydrogen-bond acceptors (Lipinski definition) is 8. The van der Waals surface area contributed by atoms with E-state index in [0.29, 0.717) is 48.9 Å². The molecule has 0 spiro atoms. The minimum absolute atomic E-state index is 0.214. The lowest BCUT2D eigenvalue weighted by molar-refractivity contribution is -0.135. The van der Waals surface area contributed by atoms with Crippen molar-refractivity contribution in [3.05, 3.63) is 48.2 Å². The highest BCUT2D eigenvalue weighted by Crippen LogP contribution is 2.17. The van der Waals surface area contributed by atoms with Gasteiger partial charge < -0.3 is 25.8 Å². The summed E-state index contributed by atoms with van der Waals surface area (Å²) in [5, 5.41) is 9.11. The number of hydrogen-bond donors (Lipinski definition) is 3. The van der Waals surface area contributed by atoms with E-state index >= 15 is 0 Å². The van der Waals surface area contributed by atoms with Crippen LogP contribution in [0.15, 0.2) is 36.7 Å². The second kappa shape index (κ2) is 15.9. The number of nitrogens with one attached hydrogen (secondary N) is 3. The molecule has 0 fully saturated rings. The van der Waals surface area contributed by atoms with Gasteiger partial charge in [-0.1, -0.05) is 24.8 Å². The highest BCUT2D eigenvalue weighted by atomic mass is 19.1. The van der Waals surface area contributed by atoms with Gasteiger partial charge in [0.2, 0.25) is 23.7 Å². The third-order valence-electron chi connectivity index (χ3n) is 5.35. The summed E-state index contributed by atoms with van der Waals surface area (Å²) >= 11 is 0. The molecule has 0 aliphatic carbocycles. The van der Waals surface area contributed by atoms with Gasteiger partial charge in [-0.2, -0.15) is 9.37 Å². The molecule has 0 bridgehead atoms. The van der Waals surface area contributed by atoms with E-state index in [1.54, 1.807) is 32.3 Å². The molecule has 38 heavy (non-hydrogen) atoms. The molecule has 0 radical (unpaired) electrons. The lowest BCUT2D eigenvalue weighted by Crippen LogP contribution is -2.45. The zero-order valence-corrected chi connectivity index (χ0v) is 22.7. The van der Waals surface area contributed by atoms with E-state index in [-0.39, 0.29) is 11.8 Å². The van der Waals surface area contributed by atoms with Crippen molar-refractivity contribution in [3.63, 3.8) is 0 Å². The lowest BCUT2D eigenvalue weighted by atomic mass is 10.2. The fraction of sp³-hybridized carbons (Fsp3) is 0.444. The van der Waals surface area contributed by atoms with Crippen LogP contribution in [0.2, 0.25) is 0 Å². The Morgan fingerprint density at radius 3 is 2.63 bits per heavy atom. The molecule has 2 aromatic heterocycles. The number of rotatable bonds is 13. The molecule has 0 unspecified atom stereocenters. The first-order valence-electron chi connectivity index (χ1n) is 12.5. The Balaban J connectivity index is 1.87. The second-order valence-electron chi connectivity index (χ2n) is 8.86. The largest absolute Gasteiger partial charge is 0.369 e. The van der Waals surface area contributed by atoms with Gasteiger partial charge >= 0.3 is 0 Å². The van der Waals surface area contributed by atoms with Gasteiger partial charge in [0.05, 0.1) is 23.6 Å². The predicted octanol–water partition coefficient (Wildman–Crippen LogP) is 2.79. The summed E-state index contributed by atoms with van der Waals surface area (Å²) in [5.74, 6) is 6.14. The molecular weight excluding hydrogens is 487 g/mol. The smallest absolute Gasteiger partial charge is 0.246 e. The molecule has 2 rings (SSSR count). The van der Waals surface area contributed by atoms with Crippen molar-refractivity contribution >= 4 is 29.3 Å². The summed E-state index contributed by atoms with van der Waals surface area (Å²) in [6.45, 7) is 5.56. The average molecular weight is 525 g/mol. The number of amides is 2. The van der Waals surface area contributed by atoms with Crippen molar-refractivity contribution in [1.29, 1.82) is 0 Å². The number of anilines is 3. The van der Waals surface area contributed by atoms with Crippen LogP contribution in [0.1, 0.15) is 38.7 Å². The third-order valence-corrected chi connectivity index (χ3v) is 5.35. The van der Waals surface area contributed by atoms with Crippen LogP contribution in [-0.4, -0.2) is 83.4 Å². The van der Waals surface area contributed by atoms with Gasteiger partial charge in [-0.25, -0.2) is 9.97 Å². The predicted molar refractivity (Wildman–Crippen MR) is 147 cm³/mol. The first-order valence-corrected chi connectivity index (χ1v) is 12.5. The monoisotopic (exact) mass is 524 g/mol. The van der Waals surface area contributed by atoms with E-state index in [1.807, 2.05) is 25.9 Å². The normalized spacial score (nSPS) is 11.6. The SMILES string of the molecule is CCCNc1nc(Nc2ccc(F)nc2)ncc1C#CCCCNC(=O)[C@H](C)N(C)C(=O)/C=C/CN(C)C. The molecule has 0 aliphatic rings. The number of aromatic nitrogens is 3. The third kappa shape index (κ3) is 10.5. The van der Waals surface area contributed by atoms with E-state index in [0.717, 1.165) is 13.0 Å². The topological polar surface area (TPSA) is 115 Å². The average Bonchev–Trinajstić information content (AvgIpc) is 2.90. The highest BCUT2D eigenvalue weighted by molar-refractivity contribution is 5.92. The molecule has 2 aromatic rings. The summed E-state index contributed by atoms with van der Waals surface area (Å²) in [6, 6.07) is 2.22. The number of carbonyl (C=O) groups is 2. The second-order valence-corrected chi connectivity index (χ2v) is 8.86. The molecule has 2 amide bonds. The van der Waals surface area contributed by atoms with Gasteiger partial charge in [0.1, 0.15) is 11.9 Å². The molecule has 0 saturated carbocycles. The maximum absolute atomic E-state index is 13.0. The molecule has 0 aromatic carbocycles. The molecule has 1 atom stereocenters. The van der Waals surface area contributed by atoms with Gasteiger partial charge in [-0.05, 0) is 46.0 Å². The first-order chi connectivity index (χ1) is 18.2. The Morgan fingerprint density at radius 2 is 1.95 bits per heavy atom. The van der Waals surface area contributed by atoms with Crippen LogP contribution in [0.3, 0.4) is 0 Å². The Kier molecular flexibility index (Phi) is 12.7. The van der Waals surface area contributed by atoms with Crippen LogP contribution in [0.25, 0.3) is 0 Å². The van der Waals surface area contributed by atoms with E-state index < -0.39 is 12.0 Å². The van der Waals surface area contributed by atoms with Crippen LogP contribution in [0, 0.1) is 17.8 Å². The summed E-state index contributed by atoms with van der Waals surface area (Å²) in [4.78, 5) is 40.4. The number of halogens is 1. The number of carbonyl (C=O) groups excluding carboxylic acids is 2. The summed E-state index contributed by atoms with van der Waals surface area (Å²) in [7, 11) is 5.44. The lowest BCUT2D eigenvalue weighted by Gasteiger charge is -2.23. The van der Waals surface area contributed by atoms with E-state index in [4.69, 9.17) is 0 Å². The van der Waals surface area contributed by atoms with E-state index in [9.17, 15) is 14.0 Å². The summed E-state index contributed by atoms with van der Waals surface area (Å²) in [5.41, 5.74) is 1.22. The van der Waals surface area contributed by atoms with E-state index in [2.05, 4.69) is 42.7 Å². The Hall–Kier alpha value is -4.04. The summed E-state index contributed by atoms with van der Waals surface area (Å²) in [6.07, 6.45) is 8.36. The maximum atomic E-state index is 13.0. The van der Waals surface area contributed by atoms with Crippen molar-refractivity contribution in [1.82, 2.24) is 30.1 Å². The molecule has 204 valence electrons. The zero-order chi connectivity index (χ0) is 27.9. The Labute approximate surface area is 224 Å². The minimum Gasteiger partial charge on any atom is -0.369 e. The van der Waals surface area contributed by atoms with Gasteiger partial charge in [0, 0.05) is 39.2 Å². The Bertz CT molecular complexity index is 1140. The highest BCUT2D eigenvalue weighted by Gasteiger charge is 2.20. The first kappa shape index (κ1) is 30.2. The van der Waals surface area contributed by atoms with Gasteiger partial charge in [0.25, 0.3) is 0 Å². The number of nitrogens with zero attached hydrogens (tertiary/aromatic N) is 5. The van der Waals surface area contributed by atoms with Crippen molar-refractivity contribution in [3.8, 4) is 11.8 Å². The van der Waals surface area contributed by atoms with Crippen molar-refractivity contribution in [2.45, 2.75) is 39.2 Å². The molecule has 0 saturated heterocycles. The summed E-state index contributed by atoms with van der Waals surface area (Å²) < 4.78 is 13.0. The maximum Gasteiger partial charge on any atom is 0.246 e. The van der Waals surface area contributed by atoms with E-state index in [1.165, 1.54) is 23.2 Å². The van der Waals surface area contributed by atoms with Crippen LogP contribution in [-0.2, 0) is 9.59 Å². The molecule has 2 heterocycles. The molecular formula is C27H37FN8O2. The van der Waals surface area contributed by atoms with Gasteiger partial charge in [0.15, 0.2) is 0 Å². The van der Waals surface area contributed by atoms with Crippen molar-refractivity contribution in [2.75, 3.05) is 51.4 Å². The quantitative estimate of drug-likeness (QED) is 0.159. The van der Waals surface area contributed by atoms with Crippen molar-refractivity contribution in [2.24, 2.45) is 0 Å². The van der Waals surface area contributed by atoms with Gasteiger partial charge in [-0.15, -0.1) is 0 Å². The minimum atomic E-state index is -0.584. The van der Waals surface area contributed by atoms with Crippen LogP contribution >= 0.6 is 0 Å². The molecule has 3 N–H and O–H groups in total. The van der Waals surface area contributed by atoms with Crippen LogP contribution in [0.5, 0.6) is 0 Å². The molecule has 0 aliphatic heterocycles. The number of pyridine rings is 1. The Morgan fingerprint density at radius 1 is 1.16 bits per heavy atom. The van der Waals surface area contributed by atoms with Gasteiger partial charge in [-0.3, -0.25) is 9.59 Å². The van der Waals surface area contributed by atoms with Crippen LogP contribution < -0.4 is 16.0 Å². The fourth-order valence-electron chi connectivity index (χ4n) is 3.03. The number of likely N-dealkylation sites (N-methyl/N-ethyl adjacent to an activating group) is 2. The zero-order valence-electron chi connectivity index (χ0n) is 22.7. The number of unbranched alkanes of at least 4 members (excludes halogenated alkanes) is 1. The van der Waals surface area contributed by atoms with Crippen molar-refractivity contribution < 1.29 is 14.0 Å². The fourth-order valence-corrected chi connectivity index (χ4v) is 3.03. The standard InChI is InChI=1S/C27H37FN8O2/c1-6-15-29-25-21(18-32-27(34-25)33-22-13-14-23(28)31-19-22)11-8-7-9-16-30-26(38)20(2)36(5)24(37)12-10-17-35(3)4/h10,12-14,18-20H,6-7,9,15-17H2,1-5H3,(H,30,38)(H2,29,32,33,34)/b12-10+/t20-/m0/s1. The molecule has 11 heteroatoms. The molecule has 10 nitrogen and oxygen atoms in total. The van der Waals surface area contributed by atoms with Crippen LogP contribution in [0.4, 0.5) is 21.8 Å².